The van der Waals surface area contributed by atoms with Gasteiger partial charge in [-0.15, -0.1) is 0 Å². The van der Waals surface area contributed by atoms with E-state index in [1.807, 2.05) is 60.7 Å². The van der Waals surface area contributed by atoms with Gasteiger partial charge in [-0.3, -0.25) is 4.79 Å². The second-order valence-electron chi connectivity index (χ2n) is 7.22. The Morgan fingerprint density at radius 3 is 2.55 bits per heavy atom. The van der Waals surface area contributed by atoms with Gasteiger partial charge in [-0.2, -0.15) is 4.99 Å². The van der Waals surface area contributed by atoms with E-state index in [-0.39, 0.29) is 5.78 Å². The van der Waals surface area contributed by atoms with Gasteiger partial charge in [-0.1, -0.05) is 53.7 Å². The molecule has 1 aliphatic heterocycles. The van der Waals surface area contributed by atoms with E-state index in [4.69, 9.17) is 10.3 Å². The third-order valence-electron chi connectivity index (χ3n) is 5.10. The molecule has 29 heavy (non-hydrogen) atoms. The quantitative estimate of drug-likeness (QED) is 0.395. The van der Waals surface area contributed by atoms with E-state index < -0.39 is 0 Å². The number of hydrogen-bond donors (Lipinski definition) is 1. The molecule has 2 heterocycles. The van der Waals surface area contributed by atoms with E-state index in [1.165, 1.54) is 0 Å². The largest absolute Gasteiger partial charge is 0.369 e. The summed E-state index contributed by atoms with van der Waals surface area (Å²) < 4.78 is 5.30. The summed E-state index contributed by atoms with van der Waals surface area (Å²) in [5.74, 6) is 0.942. The van der Waals surface area contributed by atoms with Crippen LogP contribution in [0.2, 0.25) is 0 Å². The third kappa shape index (κ3) is 4.71. The van der Waals surface area contributed by atoms with Crippen LogP contribution in [-0.4, -0.2) is 34.9 Å². The molecule has 1 aliphatic rings. The number of benzene rings is 2. The monoisotopic (exact) mass is 388 g/mol. The molecule has 0 atom stereocenters. The standard InChI is InChI=1S/C23H24N4O2/c24-23(27-13-4-5-14-27)25-21-16-20(26-29-21)12-11-17-7-6-10-19(15-17)22(28)18-8-2-1-3-9-18/h1-3,6-10,15-16H,4-5,11-14H2,(H2,24,25). The Balaban J connectivity index is 1.39. The summed E-state index contributed by atoms with van der Waals surface area (Å²) in [5.41, 5.74) is 9.32. The Hall–Kier alpha value is -3.41. The summed E-state index contributed by atoms with van der Waals surface area (Å²) in [6.45, 7) is 1.88. The SMILES string of the molecule is NC(=Nc1cc(CCc2cccc(C(=O)c3ccccc3)c2)no1)N1CCCC1. The molecular formula is C23H24N4O2. The lowest BCUT2D eigenvalue weighted by molar-refractivity contribution is 0.103. The van der Waals surface area contributed by atoms with Crippen LogP contribution < -0.4 is 5.73 Å². The molecule has 0 radical (unpaired) electrons. The Kier molecular flexibility index (Phi) is 5.70. The van der Waals surface area contributed by atoms with E-state index in [1.54, 1.807) is 0 Å². The molecule has 148 valence electrons. The van der Waals surface area contributed by atoms with Gasteiger partial charge in [0.15, 0.2) is 11.7 Å². The van der Waals surface area contributed by atoms with Gasteiger partial charge in [0.25, 0.3) is 5.88 Å². The van der Waals surface area contributed by atoms with Crippen LogP contribution in [0.15, 0.2) is 70.2 Å². The average Bonchev–Trinajstić information content (AvgIpc) is 3.45. The number of ketones is 1. The first-order valence-corrected chi connectivity index (χ1v) is 9.92. The first kappa shape index (κ1) is 18.9. The van der Waals surface area contributed by atoms with Crippen molar-refractivity contribution in [2.45, 2.75) is 25.7 Å². The highest BCUT2D eigenvalue weighted by atomic mass is 16.5. The van der Waals surface area contributed by atoms with Crippen molar-refractivity contribution in [1.82, 2.24) is 10.1 Å². The third-order valence-corrected chi connectivity index (χ3v) is 5.10. The lowest BCUT2D eigenvalue weighted by atomic mass is 9.99. The zero-order valence-corrected chi connectivity index (χ0v) is 16.3. The summed E-state index contributed by atoms with van der Waals surface area (Å²) in [5, 5.41) is 4.09. The van der Waals surface area contributed by atoms with E-state index in [0.29, 0.717) is 29.4 Å². The van der Waals surface area contributed by atoms with Gasteiger partial charge in [0.1, 0.15) is 0 Å². The van der Waals surface area contributed by atoms with Gasteiger partial charge in [0.05, 0.1) is 5.69 Å². The molecule has 0 unspecified atom stereocenters. The highest BCUT2D eigenvalue weighted by molar-refractivity contribution is 6.09. The van der Waals surface area contributed by atoms with Crippen molar-refractivity contribution in [2.75, 3.05) is 13.1 Å². The summed E-state index contributed by atoms with van der Waals surface area (Å²) >= 11 is 0. The number of nitrogens with zero attached hydrogens (tertiary/aromatic N) is 3. The van der Waals surface area contributed by atoms with Crippen molar-refractivity contribution in [3.05, 3.63) is 83.0 Å². The van der Waals surface area contributed by atoms with E-state index in [9.17, 15) is 4.79 Å². The number of nitrogens with two attached hydrogens (primary N) is 1. The van der Waals surface area contributed by atoms with Crippen LogP contribution in [-0.2, 0) is 12.8 Å². The molecule has 0 aliphatic carbocycles. The van der Waals surface area contributed by atoms with Gasteiger partial charge in [-0.25, -0.2) is 0 Å². The minimum absolute atomic E-state index is 0.0305. The van der Waals surface area contributed by atoms with E-state index in [0.717, 1.165) is 43.6 Å². The maximum Gasteiger partial charge on any atom is 0.253 e. The highest BCUT2D eigenvalue weighted by Crippen LogP contribution is 2.18. The summed E-state index contributed by atoms with van der Waals surface area (Å²) in [4.78, 5) is 19.0. The highest BCUT2D eigenvalue weighted by Gasteiger charge is 2.15. The minimum Gasteiger partial charge on any atom is -0.369 e. The molecule has 1 fully saturated rings. The predicted octanol–water partition coefficient (Wildman–Crippen LogP) is 3.73. The Labute approximate surface area is 170 Å². The first-order chi connectivity index (χ1) is 14.2. The van der Waals surface area contributed by atoms with Crippen LogP contribution in [0.1, 0.15) is 40.0 Å². The van der Waals surface area contributed by atoms with Crippen molar-refractivity contribution in [3.63, 3.8) is 0 Å². The number of aliphatic imine (C=N–C) groups is 1. The van der Waals surface area contributed by atoms with Crippen molar-refractivity contribution < 1.29 is 9.32 Å². The maximum atomic E-state index is 12.6. The summed E-state index contributed by atoms with van der Waals surface area (Å²) in [6, 6.07) is 18.9. The molecule has 1 saturated heterocycles. The molecular weight excluding hydrogens is 364 g/mol. The zero-order valence-electron chi connectivity index (χ0n) is 16.3. The Morgan fingerprint density at radius 1 is 1.00 bits per heavy atom. The lowest BCUT2D eigenvalue weighted by Crippen LogP contribution is -2.34. The second kappa shape index (κ2) is 8.73. The molecule has 6 nitrogen and oxygen atoms in total. The molecule has 1 aromatic heterocycles. The number of guanidine groups is 1. The predicted molar refractivity (Wildman–Crippen MR) is 112 cm³/mol. The number of rotatable bonds is 6. The maximum absolute atomic E-state index is 12.6. The number of aryl methyl sites for hydroxylation is 2. The summed E-state index contributed by atoms with van der Waals surface area (Å²) in [7, 11) is 0. The van der Waals surface area contributed by atoms with Gasteiger partial charge in [-0.05, 0) is 37.3 Å². The van der Waals surface area contributed by atoms with E-state index >= 15 is 0 Å². The molecule has 2 aromatic carbocycles. The van der Waals surface area contributed by atoms with E-state index in [2.05, 4.69) is 15.0 Å². The molecule has 4 rings (SSSR count). The van der Waals surface area contributed by atoms with Crippen molar-refractivity contribution in [1.29, 1.82) is 0 Å². The van der Waals surface area contributed by atoms with Crippen molar-refractivity contribution in [2.24, 2.45) is 10.7 Å². The molecule has 2 N–H and O–H groups in total. The van der Waals surface area contributed by atoms with Crippen LogP contribution in [0.4, 0.5) is 5.88 Å². The van der Waals surface area contributed by atoms with Crippen LogP contribution in [0.3, 0.4) is 0 Å². The van der Waals surface area contributed by atoms with Crippen LogP contribution in [0.5, 0.6) is 0 Å². The van der Waals surface area contributed by atoms with Crippen LogP contribution >= 0.6 is 0 Å². The number of hydrogen-bond acceptors (Lipinski definition) is 4. The Bertz CT molecular complexity index is 1000. The number of likely N-dealkylation sites (tertiary alicyclic amines) is 1. The topological polar surface area (TPSA) is 84.7 Å². The molecule has 0 spiro atoms. The van der Waals surface area contributed by atoms with Crippen molar-refractivity contribution >= 4 is 17.6 Å². The van der Waals surface area contributed by atoms with Crippen LogP contribution in [0, 0.1) is 0 Å². The Morgan fingerprint density at radius 2 is 1.76 bits per heavy atom. The number of aromatic nitrogens is 1. The fourth-order valence-corrected chi connectivity index (χ4v) is 3.50. The lowest BCUT2D eigenvalue weighted by Gasteiger charge is -2.14. The van der Waals surface area contributed by atoms with Gasteiger partial charge in [0.2, 0.25) is 0 Å². The smallest absolute Gasteiger partial charge is 0.253 e. The number of carbonyl (C=O) groups excluding carboxylic acids is 1. The van der Waals surface area contributed by atoms with Gasteiger partial charge < -0.3 is 15.2 Å². The second-order valence-corrected chi connectivity index (χ2v) is 7.22. The fourth-order valence-electron chi connectivity index (χ4n) is 3.50. The van der Waals surface area contributed by atoms with Gasteiger partial charge in [0, 0.05) is 30.3 Å². The van der Waals surface area contributed by atoms with Gasteiger partial charge >= 0.3 is 0 Å². The van der Waals surface area contributed by atoms with Crippen molar-refractivity contribution in [3.8, 4) is 0 Å². The minimum atomic E-state index is 0.0305. The summed E-state index contributed by atoms with van der Waals surface area (Å²) in [6.07, 6.45) is 3.74. The molecule has 6 heteroatoms. The molecule has 0 amide bonds. The average molecular weight is 388 g/mol. The first-order valence-electron chi connectivity index (χ1n) is 9.92. The molecule has 3 aromatic rings. The van der Waals surface area contributed by atoms with Crippen LogP contribution in [0.25, 0.3) is 0 Å². The normalized spacial score (nSPS) is 14.3. The number of carbonyl (C=O) groups is 1. The molecule has 0 bridgehead atoms. The zero-order chi connectivity index (χ0) is 20.1. The molecule has 0 saturated carbocycles. The fraction of sp³-hybridized carbons (Fsp3) is 0.261.